The zero-order chi connectivity index (χ0) is 10.3. The molecule has 1 saturated heterocycles. The highest BCUT2D eigenvalue weighted by molar-refractivity contribution is 5.43. The van der Waals surface area contributed by atoms with Crippen LogP contribution in [-0.2, 0) is 6.42 Å². The third-order valence-electron chi connectivity index (χ3n) is 3.78. The summed E-state index contributed by atoms with van der Waals surface area (Å²) in [7, 11) is 1.74. The maximum atomic E-state index is 5.30. The number of nitrogens with one attached hydrogen (secondary N) is 1. The van der Waals surface area contributed by atoms with Crippen molar-refractivity contribution in [3.63, 3.8) is 0 Å². The lowest BCUT2D eigenvalue weighted by molar-refractivity contribution is 0.371. The summed E-state index contributed by atoms with van der Waals surface area (Å²) in [6.07, 6.45) is 3.83. The van der Waals surface area contributed by atoms with E-state index < -0.39 is 0 Å². The Labute approximate surface area is 90.6 Å². The molecule has 0 aromatic heterocycles. The van der Waals surface area contributed by atoms with Gasteiger partial charge < -0.3 is 10.1 Å². The van der Waals surface area contributed by atoms with Crippen molar-refractivity contribution >= 4 is 0 Å². The smallest absolute Gasteiger partial charge is 0.119 e. The molecule has 0 amide bonds. The van der Waals surface area contributed by atoms with Crippen molar-refractivity contribution in [2.45, 2.75) is 31.2 Å². The molecule has 3 rings (SSSR count). The summed E-state index contributed by atoms with van der Waals surface area (Å²) in [5, 5.41) is 3.62. The van der Waals surface area contributed by atoms with Gasteiger partial charge in [0.15, 0.2) is 0 Å². The number of hydrogen-bond donors (Lipinski definition) is 1. The standard InChI is InChI=1S/C13H17NO/c1-15-10-5-4-9-7-13-11(12(9)8-10)3-2-6-14-13/h4-5,8,11,13-14H,2-3,6-7H2,1H3/t11-,13+/m0/s1. The second-order valence-corrected chi connectivity index (χ2v) is 4.58. The van der Waals surface area contributed by atoms with Crippen LogP contribution < -0.4 is 10.1 Å². The van der Waals surface area contributed by atoms with E-state index in [2.05, 4.69) is 23.5 Å². The van der Waals surface area contributed by atoms with E-state index >= 15 is 0 Å². The fourth-order valence-electron chi connectivity index (χ4n) is 3.01. The molecule has 0 bridgehead atoms. The molecule has 2 atom stereocenters. The number of ether oxygens (including phenoxy) is 1. The number of hydrogen-bond acceptors (Lipinski definition) is 2. The monoisotopic (exact) mass is 203 g/mol. The Morgan fingerprint density at radius 1 is 1.40 bits per heavy atom. The van der Waals surface area contributed by atoms with E-state index in [0.717, 1.165) is 11.7 Å². The summed E-state index contributed by atoms with van der Waals surface area (Å²) in [5.74, 6) is 1.73. The van der Waals surface area contributed by atoms with E-state index in [0.29, 0.717) is 6.04 Å². The predicted octanol–water partition coefficient (Wildman–Crippen LogP) is 2.09. The van der Waals surface area contributed by atoms with Crippen molar-refractivity contribution in [3.8, 4) is 5.75 Å². The maximum Gasteiger partial charge on any atom is 0.119 e. The highest BCUT2D eigenvalue weighted by Gasteiger charge is 2.33. The summed E-state index contributed by atoms with van der Waals surface area (Å²) in [4.78, 5) is 0. The van der Waals surface area contributed by atoms with E-state index in [1.54, 1.807) is 7.11 Å². The molecule has 80 valence electrons. The average Bonchev–Trinajstić information content (AvgIpc) is 2.66. The minimum absolute atomic E-state index is 0.681. The molecular weight excluding hydrogens is 186 g/mol. The van der Waals surface area contributed by atoms with Crippen LogP contribution in [0.1, 0.15) is 29.9 Å². The molecule has 1 N–H and O–H groups in total. The van der Waals surface area contributed by atoms with Crippen LogP contribution in [0.25, 0.3) is 0 Å². The summed E-state index contributed by atoms with van der Waals surface area (Å²) >= 11 is 0. The predicted molar refractivity (Wildman–Crippen MR) is 60.5 cm³/mol. The van der Waals surface area contributed by atoms with Crippen LogP contribution in [0.15, 0.2) is 18.2 Å². The maximum absolute atomic E-state index is 5.30. The van der Waals surface area contributed by atoms with Crippen LogP contribution in [0.2, 0.25) is 0 Å². The molecule has 1 aromatic carbocycles. The molecule has 15 heavy (non-hydrogen) atoms. The lowest BCUT2D eigenvalue weighted by Crippen LogP contribution is -2.37. The second-order valence-electron chi connectivity index (χ2n) is 4.58. The molecule has 1 aromatic rings. The molecule has 0 saturated carbocycles. The second kappa shape index (κ2) is 3.53. The summed E-state index contributed by atoms with van der Waals surface area (Å²) in [6, 6.07) is 7.22. The minimum atomic E-state index is 0.681. The van der Waals surface area contributed by atoms with Gasteiger partial charge in [-0.25, -0.2) is 0 Å². The van der Waals surface area contributed by atoms with Gasteiger partial charge in [-0.05, 0) is 55.0 Å². The number of fused-ring (bicyclic) bond motifs is 3. The first-order valence-corrected chi connectivity index (χ1v) is 5.78. The van der Waals surface area contributed by atoms with Crippen molar-refractivity contribution < 1.29 is 4.74 Å². The third-order valence-corrected chi connectivity index (χ3v) is 3.78. The van der Waals surface area contributed by atoms with Crippen LogP contribution in [0, 0.1) is 0 Å². The molecule has 2 aliphatic rings. The molecule has 0 unspecified atom stereocenters. The van der Waals surface area contributed by atoms with Gasteiger partial charge in [0, 0.05) is 6.04 Å². The Hall–Kier alpha value is -1.02. The van der Waals surface area contributed by atoms with Gasteiger partial charge in [-0.1, -0.05) is 6.07 Å². The largest absolute Gasteiger partial charge is 0.497 e. The number of methoxy groups -OCH3 is 1. The van der Waals surface area contributed by atoms with Gasteiger partial charge >= 0.3 is 0 Å². The molecule has 2 heteroatoms. The van der Waals surface area contributed by atoms with E-state index in [1.807, 2.05) is 0 Å². The quantitative estimate of drug-likeness (QED) is 0.754. The molecule has 2 nitrogen and oxygen atoms in total. The first-order chi connectivity index (χ1) is 7.38. The number of piperidine rings is 1. The van der Waals surface area contributed by atoms with Crippen molar-refractivity contribution in [2.24, 2.45) is 0 Å². The zero-order valence-electron chi connectivity index (χ0n) is 9.12. The molecule has 1 fully saturated rings. The topological polar surface area (TPSA) is 21.3 Å². The molecular formula is C13H17NO. The van der Waals surface area contributed by atoms with Crippen LogP contribution in [0.4, 0.5) is 0 Å². The molecule has 1 aliphatic carbocycles. The van der Waals surface area contributed by atoms with Crippen molar-refractivity contribution in [2.75, 3.05) is 13.7 Å². The Kier molecular flexibility index (Phi) is 2.17. The Bertz CT molecular complexity index is 375. The normalized spacial score (nSPS) is 28.3. The fourth-order valence-corrected chi connectivity index (χ4v) is 3.01. The van der Waals surface area contributed by atoms with Crippen LogP contribution >= 0.6 is 0 Å². The summed E-state index contributed by atoms with van der Waals surface area (Å²) in [6.45, 7) is 1.19. The molecule has 1 heterocycles. The zero-order valence-corrected chi connectivity index (χ0v) is 9.12. The van der Waals surface area contributed by atoms with Gasteiger partial charge in [0.2, 0.25) is 0 Å². The lowest BCUT2D eigenvalue weighted by atomic mass is 9.90. The number of benzene rings is 1. The van der Waals surface area contributed by atoms with Crippen molar-refractivity contribution in [1.82, 2.24) is 5.32 Å². The average molecular weight is 203 g/mol. The van der Waals surface area contributed by atoms with E-state index in [1.165, 1.54) is 36.9 Å². The fraction of sp³-hybridized carbons (Fsp3) is 0.538. The van der Waals surface area contributed by atoms with Gasteiger partial charge in [-0.2, -0.15) is 0 Å². The molecule has 0 spiro atoms. The van der Waals surface area contributed by atoms with Crippen molar-refractivity contribution in [1.29, 1.82) is 0 Å². The van der Waals surface area contributed by atoms with Gasteiger partial charge in [0.1, 0.15) is 5.75 Å². The SMILES string of the molecule is COc1ccc2c(c1)[C@@H]1CCCN[C@@H]1C2. The summed E-state index contributed by atoms with van der Waals surface area (Å²) < 4.78 is 5.30. The van der Waals surface area contributed by atoms with E-state index in [-0.39, 0.29) is 0 Å². The summed E-state index contributed by atoms with van der Waals surface area (Å²) in [5.41, 5.74) is 3.03. The van der Waals surface area contributed by atoms with Gasteiger partial charge in [0.25, 0.3) is 0 Å². The van der Waals surface area contributed by atoms with Crippen LogP contribution in [-0.4, -0.2) is 19.7 Å². The van der Waals surface area contributed by atoms with Crippen LogP contribution in [0.3, 0.4) is 0 Å². The molecule has 0 radical (unpaired) electrons. The van der Waals surface area contributed by atoms with E-state index in [9.17, 15) is 0 Å². The molecule has 1 aliphatic heterocycles. The Morgan fingerprint density at radius 3 is 3.20 bits per heavy atom. The lowest BCUT2D eigenvalue weighted by Gasteiger charge is -2.27. The minimum Gasteiger partial charge on any atom is -0.497 e. The van der Waals surface area contributed by atoms with Gasteiger partial charge in [0.05, 0.1) is 7.11 Å². The van der Waals surface area contributed by atoms with E-state index in [4.69, 9.17) is 4.74 Å². The van der Waals surface area contributed by atoms with Gasteiger partial charge in [-0.15, -0.1) is 0 Å². The first-order valence-electron chi connectivity index (χ1n) is 5.78. The Morgan fingerprint density at radius 2 is 2.33 bits per heavy atom. The third kappa shape index (κ3) is 1.44. The first kappa shape index (κ1) is 9.22. The highest BCUT2D eigenvalue weighted by Crippen LogP contribution is 2.39. The Balaban J connectivity index is 1.98. The van der Waals surface area contributed by atoms with Crippen LogP contribution in [0.5, 0.6) is 5.75 Å². The number of rotatable bonds is 1. The highest BCUT2D eigenvalue weighted by atomic mass is 16.5. The van der Waals surface area contributed by atoms with Gasteiger partial charge in [-0.3, -0.25) is 0 Å². The van der Waals surface area contributed by atoms with Crippen molar-refractivity contribution in [3.05, 3.63) is 29.3 Å².